The Balaban J connectivity index is 1.97. The normalized spacial score (nSPS) is 20.8. The number of nitrogens with zero attached hydrogens (tertiary/aromatic N) is 1. The monoisotopic (exact) mass is 317 g/mol. The van der Waals surface area contributed by atoms with Gasteiger partial charge in [-0.1, -0.05) is 6.07 Å². The van der Waals surface area contributed by atoms with E-state index in [2.05, 4.69) is 33.0 Å². The largest absolute Gasteiger partial charge is 0.496 e. The van der Waals surface area contributed by atoms with Crippen molar-refractivity contribution in [2.45, 2.75) is 13.0 Å². The number of halogens is 2. The molecule has 1 aromatic carbocycles. The zero-order valence-electron chi connectivity index (χ0n) is 9.96. The molecule has 0 amide bonds. The number of benzene rings is 1. The van der Waals surface area contributed by atoms with Gasteiger partial charge in [-0.3, -0.25) is 4.90 Å². The van der Waals surface area contributed by atoms with Crippen molar-refractivity contribution in [3.05, 3.63) is 28.2 Å². The summed E-state index contributed by atoms with van der Waals surface area (Å²) in [7, 11) is 1.69. The number of likely N-dealkylation sites (tertiary alicyclic amines) is 1. The number of hydrogen-bond acceptors (Lipinski definition) is 2. The van der Waals surface area contributed by atoms with Crippen molar-refractivity contribution in [2.24, 2.45) is 5.92 Å². The van der Waals surface area contributed by atoms with Crippen molar-refractivity contribution >= 4 is 27.5 Å². The van der Waals surface area contributed by atoms with Crippen molar-refractivity contribution in [2.75, 3.05) is 26.1 Å². The van der Waals surface area contributed by atoms with Crippen LogP contribution in [0.1, 0.15) is 12.0 Å². The van der Waals surface area contributed by atoms with Crippen LogP contribution in [-0.4, -0.2) is 31.0 Å². The smallest absolute Gasteiger partial charge is 0.133 e. The molecule has 0 N–H and O–H groups in total. The SMILES string of the molecule is COc1ccc(CN2CCC(CCl)C2)cc1Br. The lowest BCUT2D eigenvalue weighted by atomic mass is 10.2. The molecule has 1 aromatic rings. The molecule has 17 heavy (non-hydrogen) atoms. The second-order valence-electron chi connectivity index (χ2n) is 4.51. The first-order chi connectivity index (χ1) is 8.22. The summed E-state index contributed by atoms with van der Waals surface area (Å²) in [6.07, 6.45) is 1.22. The molecule has 0 spiro atoms. The highest BCUT2D eigenvalue weighted by atomic mass is 79.9. The maximum Gasteiger partial charge on any atom is 0.133 e. The van der Waals surface area contributed by atoms with Gasteiger partial charge in [-0.25, -0.2) is 0 Å². The van der Waals surface area contributed by atoms with E-state index in [4.69, 9.17) is 16.3 Å². The molecule has 94 valence electrons. The van der Waals surface area contributed by atoms with Gasteiger partial charge in [-0.05, 0) is 52.5 Å². The van der Waals surface area contributed by atoms with E-state index in [1.807, 2.05) is 6.07 Å². The highest BCUT2D eigenvalue weighted by Gasteiger charge is 2.21. The number of methoxy groups -OCH3 is 1. The summed E-state index contributed by atoms with van der Waals surface area (Å²) in [6.45, 7) is 3.27. The molecule has 1 aliphatic rings. The Labute approximate surface area is 116 Å². The highest BCUT2D eigenvalue weighted by Crippen LogP contribution is 2.27. The fraction of sp³-hybridized carbons (Fsp3) is 0.538. The summed E-state index contributed by atoms with van der Waals surface area (Å²) < 4.78 is 6.25. The molecule has 1 fully saturated rings. The van der Waals surface area contributed by atoms with Gasteiger partial charge in [0.15, 0.2) is 0 Å². The first-order valence-electron chi connectivity index (χ1n) is 5.83. The molecule has 0 saturated carbocycles. The second kappa shape index (κ2) is 6.07. The molecule has 1 aliphatic heterocycles. The van der Waals surface area contributed by atoms with Crippen LogP contribution < -0.4 is 4.74 Å². The maximum atomic E-state index is 5.89. The van der Waals surface area contributed by atoms with E-state index in [9.17, 15) is 0 Å². The van der Waals surface area contributed by atoms with Gasteiger partial charge in [-0.2, -0.15) is 0 Å². The van der Waals surface area contributed by atoms with E-state index in [1.165, 1.54) is 12.0 Å². The standard InChI is InChI=1S/C13H17BrClNO/c1-17-13-3-2-10(6-12(13)14)8-16-5-4-11(7-15)9-16/h2-3,6,11H,4-5,7-9H2,1H3. The third-order valence-corrected chi connectivity index (χ3v) is 4.27. The molecule has 1 saturated heterocycles. The summed E-state index contributed by atoms with van der Waals surface area (Å²) in [6, 6.07) is 6.26. The first kappa shape index (κ1) is 13.2. The van der Waals surface area contributed by atoms with Crippen molar-refractivity contribution in [3.8, 4) is 5.75 Å². The van der Waals surface area contributed by atoms with Crippen molar-refractivity contribution in [1.29, 1.82) is 0 Å². The molecule has 4 heteroatoms. The average molecular weight is 319 g/mol. The van der Waals surface area contributed by atoms with E-state index < -0.39 is 0 Å². The molecule has 2 rings (SSSR count). The number of ether oxygens (including phenoxy) is 1. The van der Waals surface area contributed by atoms with Gasteiger partial charge in [0.1, 0.15) is 5.75 Å². The second-order valence-corrected chi connectivity index (χ2v) is 5.68. The molecule has 0 bridgehead atoms. The van der Waals surface area contributed by atoms with Gasteiger partial charge >= 0.3 is 0 Å². The third kappa shape index (κ3) is 3.36. The summed E-state index contributed by atoms with van der Waals surface area (Å²) in [5.74, 6) is 2.33. The van der Waals surface area contributed by atoms with Crippen LogP contribution >= 0.6 is 27.5 Å². The van der Waals surface area contributed by atoms with E-state index in [0.29, 0.717) is 5.92 Å². The van der Waals surface area contributed by atoms with Gasteiger partial charge in [0, 0.05) is 19.0 Å². The zero-order valence-corrected chi connectivity index (χ0v) is 12.3. The van der Waals surface area contributed by atoms with Crippen molar-refractivity contribution < 1.29 is 4.74 Å². The molecular weight excluding hydrogens is 302 g/mol. The van der Waals surface area contributed by atoms with E-state index in [1.54, 1.807) is 7.11 Å². The minimum Gasteiger partial charge on any atom is -0.496 e. The minimum atomic E-state index is 0.665. The first-order valence-corrected chi connectivity index (χ1v) is 7.16. The molecule has 0 aromatic heterocycles. The molecular formula is C13H17BrClNO. The van der Waals surface area contributed by atoms with E-state index >= 15 is 0 Å². The van der Waals surface area contributed by atoms with Crippen molar-refractivity contribution in [1.82, 2.24) is 4.90 Å². The number of rotatable bonds is 4. The van der Waals surface area contributed by atoms with Crippen LogP contribution in [0.3, 0.4) is 0 Å². The minimum absolute atomic E-state index is 0.665. The summed E-state index contributed by atoms with van der Waals surface area (Å²) in [4.78, 5) is 2.46. The topological polar surface area (TPSA) is 12.5 Å². The Hall–Kier alpha value is -0.250. The predicted octanol–water partition coefficient (Wildman–Crippen LogP) is 3.52. The Morgan fingerprint density at radius 1 is 1.53 bits per heavy atom. The fourth-order valence-electron chi connectivity index (χ4n) is 2.25. The quantitative estimate of drug-likeness (QED) is 0.788. The molecule has 0 radical (unpaired) electrons. The average Bonchev–Trinajstić information content (AvgIpc) is 2.77. The summed E-state index contributed by atoms with van der Waals surface area (Å²) in [5, 5.41) is 0. The maximum absolute atomic E-state index is 5.89. The van der Waals surface area contributed by atoms with Gasteiger partial charge in [0.05, 0.1) is 11.6 Å². The highest BCUT2D eigenvalue weighted by molar-refractivity contribution is 9.10. The molecule has 1 atom stereocenters. The van der Waals surface area contributed by atoms with Crippen LogP contribution in [0.25, 0.3) is 0 Å². The Bertz CT molecular complexity index is 386. The van der Waals surface area contributed by atoms with Crippen LogP contribution in [0.15, 0.2) is 22.7 Å². The van der Waals surface area contributed by atoms with Crippen LogP contribution in [0.5, 0.6) is 5.75 Å². The number of alkyl halides is 1. The molecule has 2 nitrogen and oxygen atoms in total. The van der Waals surface area contributed by atoms with Gasteiger partial charge in [0.2, 0.25) is 0 Å². The van der Waals surface area contributed by atoms with E-state index in [0.717, 1.165) is 35.7 Å². The molecule has 1 heterocycles. The lowest BCUT2D eigenvalue weighted by Crippen LogP contribution is -2.20. The lowest BCUT2D eigenvalue weighted by Gasteiger charge is -2.16. The predicted molar refractivity (Wildman–Crippen MR) is 74.8 cm³/mol. The Kier molecular flexibility index (Phi) is 4.71. The molecule has 0 aliphatic carbocycles. The fourth-order valence-corrected chi connectivity index (χ4v) is 3.09. The van der Waals surface area contributed by atoms with Gasteiger partial charge in [0.25, 0.3) is 0 Å². The van der Waals surface area contributed by atoms with Crippen LogP contribution in [0.4, 0.5) is 0 Å². The van der Waals surface area contributed by atoms with Crippen molar-refractivity contribution in [3.63, 3.8) is 0 Å². The van der Waals surface area contributed by atoms with Gasteiger partial charge in [-0.15, -0.1) is 11.6 Å². The third-order valence-electron chi connectivity index (χ3n) is 3.21. The van der Waals surface area contributed by atoms with E-state index in [-0.39, 0.29) is 0 Å². The Morgan fingerprint density at radius 2 is 2.35 bits per heavy atom. The van der Waals surface area contributed by atoms with Gasteiger partial charge < -0.3 is 4.74 Å². The summed E-state index contributed by atoms with van der Waals surface area (Å²) >= 11 is 9.41. The van der Waals surface area contributed by atoms with Crippen LogP contribution in [-0.2, 0) is 6.54 Å². The number of hydrogen-bond donors (Lipinski definition) is 0. The molecule has 1 unspecified atom stereocenters. The Morgan fingerprint density at radius 3 is 2.94 bits per heavy atom. The van der Waals surface area contributed by atoms with Crippen LogP contribution in [0.2, 0.25) is 0 Å². The van der Waals surface area contributed by atoms with Crippen LogP contribution in [0, 0.1) is 5.92 Å². The summed E-state index contributed by atoms with van der Waals surface area (Å²) in [5.41, 5.74) is 1.31. The zero-order chi connectivity index (χ0) is 12.3. The lowest BCUT2D eigenvalue weighted by molar-refractivity contribution is 0.320.